The molecule has 0 aliphatic heterocycles. The van der Waals surface area contributed by atoms with Crippen LogP contribution in [0.15, 0.2) is 77.8 Å². The Morgan fingerprint density at radius 2 is 1.77 bits per heavy atom. The van der Waals surface area contributed by atoms with Crippen molar-refractivity contribution < 1.29 is 36.2 Å². The molecule has 0 unspecified atom stereocenters. The van der Waals surface area contributed by atoms with E-state index in [2.05, 4.69) is 9.72 Å². The van der Waals surface area contributed by atoms with E-state index >= 15 is 0 Å². The maximum absolute atomic E-state index is 14.1. The van der Waals surface area contributed by atoms with Crippen molar-refractivity contribution in [1.82, 2.24) is 4.98 Å². The molecule has 3 aromatic carbocycles. The van der Waals surface area contributed by atoms with E-state index < -0.39 is 28.1 Å². The quantitative estimate of drug-likeness (QED) is 0.269. The summed E-state index contributed by atoms with van der Waals surface area (Å²) in [6.45, 7) is 1.29. The zero-order valence-electron chi connectivity index (χ0n) is 20.6. The van der Waals surface area contributed by atoms with E-state index in [0.717, 1.165) is 45.6 Å². The standard InChI is InChI=1S/C28H23F3N2O5S/c1-17-14-22(12-13-23(17)27(34)35)39(36,37)33(16-18-6-10-21(11-7-18)38-28(29,30)31)26-25(19-8-9-19)24-5-3-2-4-20(24)15-32-26/h2-7,10-15,19H,8-9,16H2,1H3,(H,34,35). The fourth-order valence-corrected chi connectivity index (χ4v) is 6.06. The van der Waals surface area contributed by atoms with Crippen LogP contribution in [0, 0.1) is 6.92 Å². The summed E-state index contributed by atoms with van der Waals surface area (Å²) >= 11 is 0. The molecule has 0 spiro atoms. The van der Waals surface area contributed by atoms with E-state index in [1.807, 2.05) is 24.3 Å². The van der Waals surface area contributed by atoms with Crippen LogP contribution in [0.25, 0.3) is 10.8 Å². The lowest BCUT2D eigenvalue weighted by Crippen LogP contribution is -2.32. The number of ether oxygens (including phenoxy) is 1. The molecule has 1 N–H and O–H groups in total. The van der Waals surface area contributed by atoms with Crippen LogP contribution in [-0.4, -0.2) is 30.8 Å². The number of aromatic carboxylic acids is 1. The SMILES string of the molecule is Cc1cc(S(=O)(=O)N(Cc2ccc(OC(F)(F)F)cc2)c2ncc3ccccc3c2C2CC2)ccc1C(=O)O. The number of aromatic nitrogens is 1. The monoisotopic (exact) mass is 556 g/mol. The van der Waals surface area contributed by atoms with E-state index in [4.69, 9.17) is 0 Å². The van der Waals surface area contributed by atoms with Crippen molar-refractivity contribution in [2.45, 2.75) is 43.5 Å². The fraction of sp³-hybridized carbons (Fsp3) is 0.214. The average Bonchev–Trinajstić information content (AvgIpc) is 3.71. The Bertz CT molecular complexity index is 1670. The highest BCUT2D eigenvalue weighted by Crippen LogP contribution is 2.48. The minimum Gasteiger partial charge on any atom is -0.478 e. The third-order valence-electron chi connectivity index (χ3n) is 6.54. The second-order valence-corrected chi connectivity index (χ2v) is 11.2. The highest BCUT2D eigenvalue weighted by atomic mass is 32.2. The predicted octanol–water partition coefficient (Wildman–Crippen LogP) is 6.41. The molecule has 4 aromatic rings. The van der Waals surface area contributed by atoms with Gasteiger partial charge in [0.05, 0.1) is 17.0 Å². The highest BCUT2D eigenvalue weighted by Gasteiger charge is 2.36. The maximum atomic E-state index is 14.1. The van der Waals surface area contributed by atoms with Gasteiger partial charge in [-0.3, -0.25) is 0 Å². The van der Waals surface area contributed by atoms with Crippen molar-refractivity contribution in [2.75, 3.05) is 4.31 Å². The first kappa shape index (κ1) is 26.5. The molecule has 1 aliphatic carbocycles. The van der Waals surface area contributed by atoms with Crippen LogP contribution < -0.4 is 9.04 Å². The number of carboxylic acid groups (broad SMARTS) is 1. The maximum Gasteiger partial charge on any atom is 0.573 e. The Hall–Kier alpha value is -4.12. The molecule has 1 aromatic heterocycles. The summed E-state index contributed by atoms with van der Waals surface area (Å²) in [5, 5.41) is 11.1. The molecule has 0 saturated heterocycles. The number of fused-ring (bicyclic) bond motifs is 1. The molecule has 1 saturated carbocycles. The summed E-state index contributed by atoms with van der Waals surface area (Å²) in [5.41, 5.74) is 1.44. The summed E-state index contributed by atoms with van der Waals surface area (Å²) in [6.07, 6.45) is -1.53. The van der Waals surface area contributed by atoms with Crippen LogP contribution in [0.3, 0.4) is 0 Å². The number of rotatable bonds is 8. The second-order valence-electron chi connectivity index (χ2n) is 9.34. The Balaban J connectivity index is 1.64. The molecular formula is C28H23F3N2O5S. The molecule has 0 radical (unpaired) electrons. The lowest BCUT2D eigenvalue weighted by Gasteiger charge is -2.27. The van der Waals surface area contributed by atoms with Gasteiger partial charge in [0, 0.05) is 17.1 Å². The number of sulfonamides is 1. The molecule has 0 atom stereocenters. The molecule has 1 aliphatic rings. The summed E-state index contributed by atoms with van der Waals surface area (Å²) in [5.74, 6) is -1.27. The van der Waals surface area contributed by atoms with Gasteiger partial charge in [0.25, 0.3) is 10.0 Å². The zero-order valence-corrected chi connectivity index (χ0v) is 21.5. The summed E-state index contributed by atoms with van der Waals surface area (Å²) in [4.78, 5) is 15.9. The van der Waals surface area contributed by atoms with Gasteiger partial charge in [-0.25, -0.2) is 22.5 Å². The molecule has 1 fully saturated rings. The van der Waals surface area contributed by atoms with Crippen LogP contribution in [-0.2, 0) is 16.6 Å². The zero-order chi connectivity index (χ0) is 27.9. The molecule has 0 bridgehead atoms. The molecular weight excluding hydrogens is 533 g/mol. The Kier molecular flexibility index (Phi) is 6.71. The van der Waals surface area contributed by atoms with Gasteiger partial charge in [-0.05, 0) is 72.5 Å². The largest absolute Gasteiger partial charge is 0.573 e. The van der Waals surface area contributed by atoms with Gasteiger partial charge in [-0.15, -0.1) is 13.2 Å². The minimum atomic E-state index is -4.86. The fourth-order valence-electron chi connectivity index (χ4n) is 4.55. The van der Waals surface area contributed by atoms with E-state index in [1.54, 1.807) is 6.20 Å². The molecule has 5 rings (SSSR count). The van der Waals surface area contributed by atoms with E-state index in [9.17, 15) is 31.5 Å². The molecule has 0 amide bonds. The van der Waals surface area contributed by atoms with Gasteiger partial charge in [0.1, 0.15) is 11.6 Å². The lowest BCUT2D eigenvalue weighted by molar-refractivity contribution is -0.274. The van der Waals surface area contributed by atoms with Crippen molar-refractivity contribution in [3.05, 3.63) is 95.2 Å². The van der Waals surface area contributed by atoms with Gasteiger partial charge >= 0.3 is 12.3 Å². The normalized spacial score (nSPS) is 13.8. The van der Waals surface area contributed by atoms with Crippen LogP contribution in [0.2, 0.25) is 0 Å². The van der Waals surface area contributed by atoms with Crippen molar-refractivity contribution in [3.63, 3.8) is 0 Å². The third-order valence-corrected chi connectivity index (χ3v) is 8.27. The topological polar surface area (TPSA) is 96.8 Å². The van der Waals surface area contributed by atoms with Crippen molar-refractivity contribution >= 4 is 32.6 Å². The first-order chi connectivity index (χ1) is 18.4. The van der Waals surface area contributed by atoms with Gasteiger partial charge in [-0.1, -0.05) is 36.4 Å². The van der Waals surface area contributed by atoms with Gasteiger partial charge in [-0.2, -0.15) is 0 Å². The number of carboxylic acids is 1. The number of aryl methyl sites for hydroxylation is 1. The van der Waals surface area contributed by atoms with Crippen LogP contribution in [0.1, 0.15) is 45.8 Å². The molecule has 39 heavy (non-hydrogen) atoms. The third kappa shape index (κ3) is 5.53. The van der Waals surface area contributed by atoms with E-state index in [-0.39, 0.29) is 34.3 Å². The van der Waals surface area contributed by atoms with Crippen molar-refractivity contribution in [3.8, 4) is 5.75 Å². The number of pyridine rings is 1. The molecule has 11 heteroatoms. The summed E-state index contributed by atoms with van der Waals surface area (Å²) < 4.78 is 71.2. The first-order valence-corrected chi connectivity index (χ1v) is 13.5. The number of anilines is 1. The van der Waals surface area contributed by atoms with Crippen LogP contribution in [0.5, 0.6) is 5.75 Å². The minimum absolute atomic E-state index is 0.0248. The molecule has 202 valence electrons. The van der Waals surface area contributed by atoms with Crippen molar-refractivity contribution in [1.29, 1.82) is 0 Å². The number of halogens is 3. The summed E-state index contributed by atoms with van der Waals surface area (Å²) in [6, 6.07) is 16.3. The van der Waals surface area contributed by atoms with Crippen molar-refractivity contribution in [2.24, 2.45) is 0 Å². The number of alkyl halides is 3. The number of nitrogens with zero attached hydrogens (tertiary/aromatic N) is 2. The number of carbonyl (C=O) groups is 1. The van der Waals surface area contributed by atoms with Crippen LogP contribution >= 0.6 is 0 Å². The van der Waals surface area contributed by atoms with Gasteiger partial charge < -0.3 is 9.84 Å². The summed E-state index contributed by atoms with van der Waals surface area (Å²) in [7, 11) is -4.29. The molecule has 7 nitrogen and oxygen atoms in total. The lowest BCUT2D eigenvalue weighted by atomic mass is 10.0. The first-order valence-electron chi connectivity index (χ1n) is 12.0. The predicted molar refractivity (Wildman–Crippen MR) is 138 cm³/mol. The van der Waals surface area contributed by atoms with Crippen LogP contribution in [0.4, 0.5) is 19.0 Å². The number of hydrogen-bond acceptors (Lipinski definition) is 5. The Morgan fingerprint density at radius 1 is 1.08 bits per heavy atom. The Labute approximate surface area is 222 Å². The smallest absolute Gasteiger partial charge is 0.478 e. The van der Waals surface area contributed by atoms with E-state index in [0.29, 0.717) is 5.56 Å². The van der Waals surface area contributed by atoms with Gasteiger partial charge in [0.15, 0.2) is 0 Å². The Morgan fingerprint density at radius 3 is 2.38 bits per heavy atom. The number of benzene rings is 3. The van der Waals surface area contributed by atoms with E-state index in [1.165, 1.54) is 37.3 Å². The average molecular weight is 557 g/mol. The number of hydrogen-bond donors (Lipinski definition) is 1. The van der Waals surface area contributed by atoms with Gasteiger partial charge in [0.2, 0.25) is 0 Å². The molecule has 1 heterocycles. The highest BCUT2D eigenvalue weighted by molar-refractivity contribution is 7.92. The second kappa shape index (κ2) is 9.88.